The molecule has 26 heavy (non-hydrogen) atoms. The third-order valence-electron chi connectivity index (χ3n) is 4.65. The van der Waals surface area contributed by atoms with Crippen LogP contribution >= 0.6 is 0 Å². The second-order valence-electron chi connectivity index (χ2n) is 6.30. The van der Waals surface area contributed by atoms with Crippen molar-refractivity contribution in [2.75, 3.05) is 13.1 Å². The van der Waals surface area contributed by atoms with Gasteiger partial charge in [0.25, 0.3) is 5.91 Å². The summed E-state index contributed by atoms with van der Waals surface area (Å²) in [5, 5.41) is 18.1. The van der Waals surface area contributed by atoms with Crippen molar-refractivity contribution in [2.24, 2.45) is 0 Å². The van der Waals surface area contributed by atoms with Crippen molar-refractivity contribution in [3.8, 4) is 5.69 Å². The summed E-state index contributed by atoms with van der Waals surface area (Å²) < 4.78 is 1.63. The van der Waals surface area contributed by atoms with Crippen LogP contribution in [0.25, 0.3) is 5.69 Å². The molecular formula is C19H20N6O. The molecule has 1 fully saturated rings. The quantitative estimate of drug-likeness (QED) is 0.733. The van der Waals surface area contributed by atoms with E-state index in [0.717, 1.165) is 36.3 Å². The molecule has 1 aliphatic heterocycles. The molecule has 0 spiro atoms. The second-order valence-corrected chi connectivity index (χ2v) is 6.30. The minimum absolute atomic E-state index is 0.102. The minimum Gasteiger partial charge on any atom is -0.345 e. The Hall–Kier alpha value is -3.06. The Morgan fingerprint density at radius 3 is 2.77 bits per heavy atom. The summed E-state index contributed by atoms with van der Waals surface area (Å²) in [6.45, 7) is 2.17. The van der Waals surface area contributed by atoms with E-state index in [1.54, 1.807) is 4.68 Å². The number of aromatic nitrogens is 4. The lowest BCUT2D eigenvalue weighted by Gasteiger charge is -2.14. The molecule has 0 aliphatic carbocycles. The lowest BCUT2D eigenvalue weighted by atomic mass is 9.93. The molecule has 2 aromatic carbocycles. The third-order valence-corrected chi connectivity index (χ3v) is 4.65. The van der Waals surface area contributed by atoms with E-state index in [0.29, 0.717) is 11.7 Å². The van der Waals surface area contributed by atoms with Crippen LogP contribution in [0.15, 0.2) is 54.6 Å². The topological polar surface area (TPSA) is 84.7 Å². The smallest absolute Gasteiger partial charge is 0.251 e. The Kier molecular flexibility index (Phi) is 4.70. The van der Waals surface area contributed by atoms with Crippen LogP contribution in [0.3, 0.4) is 0 Å². The number of hydrogen-bond donors (Lipinski definition) is 2. The molecule has 1 atom stereocenters. The third kappa shape index (κ3) is 3.34. The van der Waals surface area contributed by atoms with E-state index >= 15 is 0 Å². The molecule has 1 unspecified atom stereocenters. The molecule has 2 heterocycles. The van der Waals surface area contributed by atoms with Crippen LogP contribution in [0.2, 0.25) is 0 Å². The van der Waals surface area contributed by atoms with E-state index < -0.39 is 0 Å². The van der Waals surface area contributed by atoms with E-state index in [-0.39, 0.29) is 12.5 Å². The van der Waals surface area contributed by atoms with E-state index in [1.165, 1.54) is 0 Å². The lowest BCUT2D eigenvalue weighted by Crippen LogP contribution is -2.26. The van der Waals surface area contributed by atoms with Gasteiger partial charge in [-0.3, -0.25) is 4.79 Å². The van der Waals surface area contributed by atoms with Crippen molar-refractivity contribution in [3.63, 3.8) is 0 Å². The summed E-state index contributed by atoms with van der Waals surface area (Å²) >= 11 is 0. The number of nitrogens with one attached hydrogen (secondary N) is 2. The molecule has 0 radical (unpaired) electrons. The van der Waals surface area contributed by atoms with Crippen molar-refractivity contribution in [1.82, 2.24) is 30.8 Å². The van der Waals surface area contributed by atoms with Crippen molar-refractivity contribution in [2.45, 2.75) is 18.9 Å². The number of carbonyl (C=O) groups is 1. The van der Waals surface area contributed by atoms with Crippen LogP contribution in [0.1, 0.15) is 34.1 Å². The van der Waals surface area contributed by atoms with Crippen molar-refractivity contribution in [3.05, 3.63) is 71.5 Å². The molecule has 4 rings (SSSR count). The number of hydrogen-bond acceptors (Lipinski definition) is 5. The van der Waals surface area contributed by atoms with Gasteiger partial charge in [-0.2, -0.15) is 4.68 Å². The molecule has 132 valence electrons. The highest BCUT2D eigenvalue weighted by Gasteiger charge is 2.22. The Morgan fingerprint density at radius 2 is 1.96 bits per heavy atom. The first kappa shape index (κ1) is 16.4. The van der Waals surface area contributed by atoms with Gasteiger partial charge < -0.3 is 10.6 Å². The number of benzene rings is 2. The predicted molar refractivity (Wildman–Crippen MR) is 97.0 cm³/mol. The van der Waals surface area contributed by atoms with Gasteiger partial charge in [0.15, 0.2) is 5.82 Å². The first-order valence-electron chi connectivity index (χ1n) is 8.73. The van der Waals surface area contributed by atoms with Crippen LogP contribution in [0.4, 0.5) is 0 Å². The predicted octanol–water partition coefficient (Wildman–Crippen LogP) is 1.67. The zero-order valence-corrected chi connectivity index (χ0v) is 14.3. The van der Waals surface area contributed by atoms with E-state index in [1.807, 2.05) is 54.6 Å². The van der Waals surface area contributed by atoms with Gasteiger partial charge in [0.05, 0.1) is 12.2 Å². The number of tetrazole rings is 1. The fourth-order valence-corrected chi connectivity index (χ4v) is 3.32. The maximum absolute atomic E-state index is 12.8. The first-order valence-corrected chi connectivity index (χ1v) is 8.73. The van der Waals surface area contributed by atoms with Crippen molar-refractivity contribution < 1.29 is 4.79 Å². The van der Waals surface area contributed by atoms with Crippen LogP contribution in [0.5, 0.6) is 0 Å². The van der Waals surface area contributed by atoms with Crippen molar-refractivity contribution in [1.29, 1.82) is 0 Å². The fourth-order valence-electron chi connectivity index (χ4n) is 3.32. The zero-order chi connectivity index (χ0) is 17.8. The first-order chi connectivity index (χ1) is 12.8. The summed E-state index contributed by atoms with van der Waals surface area (Å²) in [5.41, 5.74) is 2.68. The monoisotopic (exact) mass is 348 g/mol. The number of para-hydroxylation sites is 1. The number of carbonyl (C=O) groups excluding carboxylic acids is 1. The molecule has 2 N–H and O–H groups in total. The van der Waals surface area contributed by atoms with E-state index in [9.17, 15) is 4.79 Å². The lowest BCUT2D eigenvalue weighted by molar-refractivity contribution is 0.0948. The summed E-state index contributed by atoms with van der Waals surface area (Å²) in [5.74, 6) is 0.867. The molecule has 3 aromatic rings. The van der Waals surface area contributed by atoms with Crippen LogP contribution in [-0.4, -0.2) is 39.2 Å². The molecule has 7 heteroatoms. The molecule has 1 saturated heterocycles. The van der Waals surface area contributed by atoms with E-state index in [4.69, 9.17) is 0 Å². The van der Waals surface area contributed by atoms with Gasteiger partial charge in [0.1, 0.15) is 0 Å². The average Bonchev–Trinajstić information content (AvgIpc) is 3.39. The highest BCUT2D eigenvalue weighted by molar-refractivity contribution is 5.95. The normalized spacial score (nSPS) is 16.5. The van der Waals surface area contributed by atoms with Gasteiger partial charge in [0.2, 0.25) is 0 Å². The summed E-state index contributed by atoms with van der Waals surface area (Å²) in [6.07, 6.45) is 1.05. The fraction of sp³-hybridized carbons (Fsp3) is 0.263. The Labute approximate surface area is 151 Å². The molecule has 7 nitrogen and oxygen atoms in total. The minimum atomic E-state index is -0.102. The molecule has 1 amide bonds. The average molecular weight is 348 g/mol. The number of rotatable bonds is 5. The second kappa shape index (κ2) is 7.45. The summed E-state index contributed by atoms with van der Waals surface area (Å²) in [7, 11) is 0. The molecule has 0 saturated carbocycles. The van der Waals surface area contributed by atoms with Gasteiger partial charge >= 0.3 is 0 Å². The molecular weight excluding hydrogens is 328 g/mol. The molecule has 1 aromatic heterocycles. The maximum Gasteiger partial charge on any atom is 0.251 e. The van der Waals surface area contributed by atoms with Crippen LogP contribution in [0, 0.1) is 0 Å². The summed E-state index contributed by atoms with van der Waals surface area (Å²) in [6, 6.07) is 17.4. The van der Waals surface area contributed by atoms with Crippen molar-refractivity contribution >= 4 is 5.91 Å². The Balaban J connectivity index is 1.50. The Morgan fingerprint density at radius 1 is 1.15 bits per heavy atom. The van der Waals surface area contributed by atoms with Crippen LogP contribution < -0.4 is 10.6 Å². The zero-order valence-electron chi connectivity index (χ0n) is 14.3. The standard InChI is InChI=1S/C19H20N6O/c26-19(17-9-5-4-8-16(17)14-10-11-20-12-14)21-13-18-22-23-24-25(18)15-6-2-1-3-7-15/h1-9,14,20H,10-13H2,(H,21,26). The Bertz CT molecular complexity index is 886. The van der Waals surface area contributed by atoms with Gasteiger partial charge in [-0.25, -0.2) is 0 Å². The highest BCUT2D eigenvalue weighted by atomic mass is 16.1. The highest BCUT2D eigenvalue weighted by Crippen LogP contribution is 2.25. The van der Waals surface area contributed by atoms with Gasteiger partial charge in [0, 0.05) is 12.1 Å². The van der Waals surface area contributed by atoms with E-state index in [2.05, 4.69) is 26.2 Å². The SMILES string of the molecule is O=C(NCc1nnnn1-c1ccccc1)c1ccccc1C1CCNC1. The van der Waals surface area contributed by atoms with Crippen LogP contribution in [-0.2, 0) is 6.54 Å². The van der Waals surface area contributed by atoms with Gasteiger partial charge in [-0.05, 0) is 53.1 Å². The molecule has 0 bridgehead atoms. The summed E-state index contributed by atoms with van der Waals surface area (Å²) in [4.78, 5) is 12.8. The van der Waals surface area contributed by atoms with Gasteiger partial charge in [-0.1, -0.05) is 36.4 Å². The number of amides is 1. The van der Waals surface area contributed by atoms with Gasteiger partial charge in [-0.15, -0.1) is 5.10 Å². The largest absolute Gasteiger partial charge is 0.345 e. The maximum atomic E-state index is 12.8. The molecule has 1 aliphatic rings. The number of nitrogens with zero attached hydrogens (tertiary/aromatic N) is 4.